The Morgan fingerprint density at radius 3 is 2.69 bits per heavy atom. The van der Waals surface area contributed by atoms with Crippen LogP contribution in [0.1, 0.15) is 23.0 Å². The molecule has 7 nitrogen and oxygen atoms in total. The quantitative estimate of drug-likeness (QED) is 0.256. The van der Waals surface area contributed by atoms with Gasteiger partial charge in [0.15, 0.2) is 0 Å². The second-order valence-corrected chi connectivity index (χ2v) is 9.86. The van der Waals surface area contributed by atoms with Crippen molar-refractivity contribution in [2.75, 3.05) is 13.7 Å². The lowest BCUT2D eigenvalue weighted by Gasteiger charge is -2.13. The summed E-state index contributed by atoms with van der Waals surface area (Å²) in [6.07, 6.45) is 0. The molecule has 0 fully saturated rings. The summed E-state index contributed by atoms with van der Waals surface area (Å²) in [5.74, 6) is 0.129. The number of thiophene rings is 1. The van der Waals surface area contributed by atoms with Crippen LogP contribution in [0, 0.1) is 0 Å². The largest absolute Gasteiger partial charge is 0.507 e. The number of fused-ring (bicyclic) bond motifs is 4. The summed E-state index contributed by atoms with van der Waals surface area (Å²) < 4.78 is 23.5. The highest BCUT2D eigenvalue weighted by Crippen LogP contribution is 2.47. The molecule has 1 N–H and O–H groups in total. The third-order valence-electron chi connectivity index (χ3n) is 6.17. The van der Waals surface area contributed by atoms with Gasteiger partial charge in [0.25, 0.3) is 0 Å². The van der Waals surface area contributed by atoms with Crippen molar-refractivity contribution in [1.82, 2.24) is 13.3 Å². The van der Waals surface area contributed by atoms with Crippen LogP contribution >= 0.6 is 23.1 Å². The molecule has 3 aromatic carbocycles. The molecule has 36 heavy (non-hydrogen) atoms. The number of ether oxygens (including phenoxy) is 2. The monoisotopic (exact) mass is 515 g/mol. The maximum Gasteiger partial charge on any atom is 0.355 e. The molecule has 6 rings (SSSR count). The fraction of sp³-hybridized carbons (Fsp3) is 0.148. The molecule has 0 amide bonds. The summed E-state index contributed by atoms with van der Waals surface area (Å²) in [4.78, 5) is 13.5. The molecule has 0 saturated carbocycles. The lowest BCUT2D eigenvalue weighted by Crippen LogP contribution is -2.14. The number of phenols is 1. The highest BCUT2D eigenvalue weighted by molar-refractivity contribution is 7.26. The van der Waals surface area contributed by atoms with Gasteiger partial charge in [-0.2, -0.15) is 8.75 Å². The van der Waals surface area contributed by atoms with Crippen molar-refractivity contribution in [2.24, 2.45) is 0 Å². The number of hydrogen-bond acceptors (Lipinski definition) is 8. The second-order valence-electron chi connectivity index (χ2n) is 8.28. The van der Waals surface area contributed by atoms with Crippen LogP contribution in [0.4, 0.5) is 0 Å². The van der Waals surface area contributed by atoms with E-state index < -0.39 is 5.97 Å². The minimum Gasteiger partial charge on any atom is -0.507 e. The van der Waals surface area contributed by atoms with E-state index in [1.165, 1.54) is 11.7 Å². The van der Waals surface area contributed by atoms with Crippen LogP contribution in [0.25, 0.3) is 42.5 Å². The van der Waals surface area contributed by atoms with Crippen molar-refractivity contribution in [2.45, 2.75) is 13.5 Å². The Hall–Kier alpha value is -3.95. The maximum atomic E-state index is 13.5. The van der Waals surface area contributed by atoms with E-state index in [1.807, 2.05) is 34.9 Å². The van der Waals surface area contributed by atoms with E-state index in [2.05, 4.69) is 20.9 Å². The Morgan fingerprint density at radius 1 is 1.06 bits per heavy atom. The van der Waals surface area contributed by atoms with Crippen LogP contribution in [0.15, 0.2) is 60.7 Å². The number of hydrogen-bond donors (Lipinski definition) is 1. The number of phenolic OH excluding ortho intramolecular Hbond substituents is 1. The summed E-state index contributed by atoms with van der Waals surface area (Å²) >= 11 is 2.77. The second kappa shape index (κ2) is 8.92. The molecule has 3 heterocycles. The predicted octanol–water partition coefficient (Wildman–Crippen LogP) is 6.47. The molecule has 0 aliphatic carbocycles. The van der Waals surface area contributed by atoms with Crippen molar-refractivity contribution in [3.63, 3.8) is 0 Å². The lowest BCUT2D eigenvalue weighted by atomic mass is 10.0. The van der Waals surface area contributed by atoms with Crippen molar-refractivity contribution < 1.29 is 19.4 Å². The van der Waals surface area contributed by atoms with Gasteiger partial charge < -0.3 is 19.1 Å². The van der Waals surface area contributed by atoms with Gasteiger partial charge in [-0.15, -0.1) is 11.3 Å². The highest BCUT2D eigenvalue weighted by atomic mass is 32.1. The van der Waals surface area contributed by atoms with Crippen LogP contribution in [0.3, 0.4) is 0 Å². The Bertz CT molecular complexity index is 1770. The fourth-order valence-electron chi connectivity index (χ4n) is 4.60. The highest BCUT2D eigenvalue weighted by Gasteiger charge is 2.29. The molecule has 3 aromatic heterocycles. The van der Waals surface area contributed by atoms with Gasteiger partial charge >= 0.3 is 5.97 Å². The Labute approximate surface area is 214 Å². The number of aromatic hydroxyl groups is 1. The minimum absolute atomic E-state index is 0.0337. The van der Waals surface area contributed by atoms with E-state index in [1.54, 1.807) is 43.6 Å². The van der Waals surface area contributed by atoms with Crippen LogP contribution in [-0.4, -0.2) is 38.1 Å². The minimum atomic E-state index is -0.438. The lowest BCUT2D eigenvalue weighted by molar-refractivity contribution is 0.0516. The molecule has 0 aliphatic rings. The normalized spacial score (nSPS) is 11.5. The van der Waals surface area contributed by atoms with Crippen LogP contribution in [0.2, 0.25) is 0 Å². The third-order valence-corrected chi connectivity index (χ3v) is 7.91. The zero-order valence-electron chi connectivity index (χ0n) is 19.5. The summed E-state index contributed by atoms with van der Waals surface area (Å²) in [6, 6.07) is 19.2. The Balaban J connectivity index is 1.68. The molecule has 6 aromatic rings. The first-order chi connectivity index (χ1) is 17.6. The molecule has 0 atom stereocenters. The summed E-state index contributed by atoms with van der Waals surface area (Å²) in [6.45, 7) is 2.45. The first-order valence-electron chi connectivity index (χ1n) is 11.4. The van der Waals surface area contributed by atoms with Crippen LogP contribution in [-0.2, 0) is 11.3 Å². The fourth-order valence-corrected chi connectivity index (χ4v) is 6.39. The molecule has 9 heteroatoms. The van der Waals surface area contributed by atoms with E-state index in [0.717, 1.165) is 36.9 Å². The first-order valence-corrected chi connectivity index (χ1v) is 12.9. The van der Waals surface area contributed by atoms with Crippen LogP contribution < -0.4 is 4.74 Å². The molecular formula is C27H21N3O4S2. The van der Waals surface area contributed by atoms with Crippen LogP contribution in [0.5, 0.6) is 11.5 Å². The zero-order chi connectivity index (χ0) is 24.8. The van der Waals surface area contributed by atoms with Gasteiger partial charge in [-0.3, -0.25) is 0 Å². The third kappa shape index (κ3) is 3.59. The average Bonchev–Trinajstić information content (AvgIpc) is 3.57. The van der Waals surface area contributed by atoms with E-state index in [9.17, 15) is 9.90 Å². The average molecular weight is 516 g/mol. The number of aromatic nitrogens is 3. The molecule has 0 bridgehead atoms. The summed E-state index contributed by atoms with van der Waals surface area (Å²) in [7, 11) is 1.55. The Kier molecular flexibility index (Phi) is 5.58. The number of methoxy groups -OCH3 is 1. The van der Waals surface area contributed by atoms with Gasteiger partial charge in [-0.1, -0.05) is 24.3 Å². The summed E-state index contributed by atoms with van der Waals surface area (Å²) in [5, 5.41) is 12.0. The van der Waals surface area contributed by atoms with Crippen molar-refractivity contribution >= 4 is 60.4 Å². The van der Waals surface area contributed by atoms with E-state index >= 15 is 0 Å². The topological polar surface area (TPSA) is 86.5 Å². The molecule has 0 saturated heterocycles. The van der Waals surface area contributed by atoms with Gasteiger partial charge in [0.2, 0.25) is 0 Å². The molecular weight excluding hydrogens is 494 g/mol. The van der Waals surface area contributed by atoms with Gasteiger partial charge in [0.1, 0.15) is 28.2 Å². The number of nitrogens with zero attached hydrogens (tertiary/aromatic N) is 3. The SMILES string of the molecule is CCOC(=O)c1c(-c2ccc(OC)cc2O)c2sc3ccccc3c2n1Cc1ccc2nsnc2c1. The van der Waals surface area contributed by atoms with Gasteiger partial charge in [0, 0.05) is 33.8 Å². The first kappa shape index (κ1) is 22.5. The van der Waals surface area contributed by atoms with Crippen molar-refractivity contribution in [3.05, 3.63) is 71.9 Å². The number of rotatable bonds is 6. The van der Waals surface area contributed by atoms with Crippen molar-refractivity contribution in [3.8, 4) is 22.6 Å². The summed E-state index contributed by atoms with van der Waals surface area (Å²) in [5.41, 5.74) is 5.19. The Morgan fingerprint density at radius 2 is 1.89 bits per heavy atom. The molecule has 180 valence electrons. The van der Waals surface area contributed by atoms with Crippen molar-refractivity contribution in [1.29, 1.82) is 0 Å². The molecule has 0 spiro atoms. The number of carbonyl (C=O) groups is 1. The molecule has 0 aliphatic heterocycles. The smallest absolute Gasteiger partial charge is 0.355 e. The maximum absolute atomic E-state index is 13.5. The molecule has 0 radical (unpaired) electrons. The number of esters is 1. The standard InChI is InChI=1S/C27H21N3O4S2/c1-3-34-27(32)25-23(17-10-9-16(33-2)13-21(17)31)26-24(18-6-4-5-7-22(18)35-26)30(25)14-15-8-11-19-20(12-15)29-36-28-19/h4-13,31H,3,14H2,1-2H3. The predicted molar refractivity (Wildman–Crippen MR) is 143 cm³/mol. The van der Waals surface area contributed by atoms with E-state index in [0.29, 0.717) is 29.1 Å². The van der Waals surface area contributed by atoms with Gasteiger partial charge in [-0.05, 0) is 42.8 Å². The van der Waals surface area contributed by atoms with E-state index in [-0.39, 0.29) is 12.4 Å². The van der Waals surface area contributed by atoms with E-state index in [4.69, 9.17) is 9.47 Å². The molecule has 0 unspecified atom stereocenters. The number of benzene rings is 3. The zero-order valence-corrected chi connectivity index (χ0v) is 21.2. The number of carbonyl (C=O) groups excluding carboxylic acids is 1. The van der Waals surface area contributed by atoms with Gasteiger partial charge in [0.05, 0.1) is 35.7 Å². The van der Waals surface area contributed by atoms with Gasteiger partial charge in [-0.25, -0.2) is 4.79 Å².